The molecule has 0 radical (unpaired) electrons. The van der Waals surface area contributed by atoms with Crippen LogP contribution in [0.3, 0.4) is 0 Å². The van der Waals surface area contributed by atoms with Crippen molar-refractivity contribution >= 4 is 11.8 Å². The third-order valence-corrected chi connectivity index (χ3v) is 4.78. The summed E-state index contributed by atoms with van der Waals surface area (Å²) in [6.07, 6.45) is 17.9. The van der Waals surface area contributed by atoms with Crippen molar-refractivity contribution in [1.29, 1.82) is 0 Å². The third-order valence-electron chi connectivity index (χ3n) is 4.78. The Labute approximate surface area is 149 Å². The predicted molar refractivity (Wildman–Crippen MR) is 101 cm³/mol. The zero-order valence-corrected chi connectivity index (χ0v) is 15.9. The van der Waals surface area contributed by atoms with Crippen LogP contribution in [0.25, 0.3) is 0 Å². The van der Waals surface area contributed by atoms with E-state index < -0.39 is 0 Å². The van der Waals surface area contributed by atoms with Crippen molar-refractivity contribution in [3.05, 3.63) is 0 Å². The highest BCUT2D eigenvalue weighted by atomic mass is 16.1. The predicted octanol–water partition coefficient (Wildman–Crippen LogP) is 4.83. The van der Waals surface area contributed by atoms with Gasteiger partial charge in [-0.25, -0.2) is 0 Å². The van der Waals surface area contributed by atoms with E-state index in [0.717, 1.165) is 51.4 Å². The van der Waals surface area contributed by atoms with Gasteiger partial charge in [-0.2, -0.15) is 0 Å². The second kappa shape index (κ2) is 16.8. The molecule has 4 heteroatoms. The summed E-state index contributed by atoms with van der Waals surface area (Å²) in [7, 11) is 0. The van der Waals surface area contributed by atoms with Gasteiger partial charge in [0.05, 0.1) is 0 Å². The zero-order chi connectivity index (χ0) is 18.0. The smallest absolute Gasteiger partial charge is 0.220 e. The fourth-order valence-electron chi connectivity index (χ4n) is 3.17. The fraction of sp³-hybridized carbons (Fsp3) is 0.900. The van der Waals surface area contributed by atoms with Crippen molar-refractivity contribution in [1.82, 2.24) is 0 Å². The molecule has 2 amide bonds. The SMILES string of the molecule is CCCCCCCCCCC(CCCCCCCC(N)=O)C(N)=O. The maximum atomic E-state index is 11.5. The lowest BCUT2D eigenvalue weighted by atomic mass is 9.93. The van der Waals surface area contributed by atoms with Gasteiger partial charge in [0.2, 0.25) is 11.8 Å². The van der Waals surface area contributed by atoms with Crippen molar-refractivity contribution < 1.29 is 9.59 Å². The minimum absolute atomic E-state index is 0.0516. The van der Waals surface area contributed by atoms with Crippen molar-refractivity contribution in [2.45, 2.75) is 110 Å². The molecule has 0 fully saturated rings. The summed E-state index contributed by atoms with van der Waals surface area (Å²) < 4.78 is 0. The topological polar surface area (TPSA) is 86.2 Å². The first-order valence-electron chi connectivity index (χ1n) is 10.2. The number of hydrogen-bond acceptors (Lipinski definition) is 2. The van der Waals surface area contributed by atoms with E-state index in [1.54, 1.807) is 0 Å². The standard InChI is InChI=1S/C20H40N2O2/c1-2-3-4-5-6-7-9-12-15-18(20(22)24)16-13-10-8-11-14-17-19(21)23/h18H,2-17H2,1H3,(H2,21,23)(H2,22,24). The summed E-state index contributed by atoms with van der Waals surface area (Å²) in [6.45, 7) is 2.24. The average Bonchev–Trinajstić information content (AvgIpc) is 2.53. The highest BCUT2D eigenvalue weighted by molar-refractivity contribution is 5.76. The highest BCUT2D eigenvalue weighted by Crippen LogP contribution is 2.19. The van der Waals surface area contributed by atoms with Crippen LogP contribution in [0.1, 0.15) is 110 Å². The monoisotopic (exact) mass is 340 g/mol. The van der Waals surface area contributed by atoms with Crippen LogP contribution in [-0.4, -0.2) is 11.8 Å². The van der Waals surface area contributed by atoms with Crippen LogP contribution in [0.2, 0.25) is 0 Å². The number of carbonyl (C=O) groups excluding carboxylic acids is 2. The summed E-state index contributed by atoms with van der Waals surface area (Å²) in [4.78, 5) is 22.2. The normalized spacial score (nSPS) is 12.2. The van der Waals surface area contributed by atoms with Crippen molar-refractivity contribution in [2.24, 2.45) is 17.4 Å². The molecule has 4 N–H and O–H groups in total. The lowest BCUT2D eigenvalue weighted by Gasteiger charge is -2.13. The molecule has 4 nitrogen and oxygen atoms in total. The van der Waals surface area contributed by atoms with Gasteiger partial charge in [0.25, 0.3) is 0 Å². The molecule has 0 aromatic heterocycles. The summed E-state index contributed by atoms with van der Waals surface area (Å²) in [5.41, 5.74) is 10.7. The number of hydrogen-bond donors (Lipinski definition) is 2. The van der Waals surface area contributed by atoms with E-state index in [4.69, 9.17) is 11.5 Å². The van der Waals surface area contributed by atoms with Gasteiger partial charge in [0.15, 0.2) is 0 Å². The average molecular weight is 341 g/mol. The Bertz CT molecular complexity index is 319. The number of unbranched alkanes of at least 4 members (excludes halogenated alkanes) is 11. The second-order valence-corrected chi connectivity index (χ2v) is 7.14. The molecule has 142 valence electrons. The van der Waals surface area contributed by atoms with E-state index in [9.17, 15) is 9.59 Å². The van der Waals surface area contributed by atoms with Crippen LogP contribution >= 0.6 is 0 Å². The first-order valence-corrected chi connectivity index (χ1v) is 10.2. The molecule has 0 rings (SSSR count). The van der Waals surface area contributed by atoms with Crippen molar-refractivity contribution in [2.75, 3.05) is 0 Å². The van der Waals surface area contributed by atoms with E-state index >= 15 is 0 Å². The van der Waals surface area contributed by atoms with Gasteiger partial charge in [0, 0.05) is 12.3 Å². The van der Waals surface area contributed by atoms with E-state index in [1.807, 2.05) is 0 Å². The molecule has 0 bridgehead atoms. The Morgan fingerprint density at radius 3 is 1.50 bits per heavy atom. The fourth-order valence-corrected chi connectivity index (χ4v) is 3.17. The molecular formula is C20H40N2O2. The lowest BCUT2D eigenvalue weighted by Crippen LogP contribution is -2.23. The zero-order valence-electron chi connectivity index (χ0n) is 15.9. The third kappa shape index (κ3) is 15.8. The lowest BCUT2D eigenvalue weighted by molar-refractivity contribution is -0.122. The van der Waals surface area contributed by atoms with Gasteiger partial charge < -0.3 is 11.5 Å². The molecule has 0 spiro atoms. The molecule has 0 aromatic rings. The number of nitrogens with two attached hydrogens (primary N) is 2. The quantitative estimate of drug-likeness (QED) is 0.350. The minimum atomic E-state index is -0.214. The number of primary amides is 2. The molecule has 0 aliphatic carbocycles. The van der Waals surface area contributed by atoms with Gasteiger partial charge in [-0.1, -0.05) is 84.0 Å². The molecule has 1 atom stereocenters. The Kier molecular flexibility index (Phi) is 16.0. The van der Waals surface area contributed by atoms with E-state index in [2.05, 4.69) is 6.92 Å². The summed E-state index contributed by atoms with van der Waals surface area (Å²) in [5, 5.41) is 0. The highest BCUT2D eigenvalue weighted by Gasteiger charge is 2.14. The molecule has 1 unspecified atom stereocenters. The van der Waals surface area contributed by atoms with Crippen LogP contribution in [0.15, 0.2) is 0 Å². The Hall–Kier alpha value is -1.06. The Morgan fingerprint density at radius 1 is 0.667 bits per heavy atom. The molecule has 24 heavy (non-hydrogen) atoms. The maximum absolute atomic E-state index is 11.5. The number of amides is 2. The Morgan fingerprint density at radius 2 is 1.08 bits per heavy atom. The van der Waals surface area contributed by atoms with Crippen molar-refractivity contribution in [3.8, 4) is 0 Å². The first-order chi connectivity index (χ1) is 11.6. The van der Waals surface area contributed by atoms with Gasteiger partial charge >= 0.3 is 0 Å². The molecule has 0 saturated carbocycles. The second-order valence-electron chi connectivity index (χ2n) is 7.14. The molecular weight excluding hydrogens is 300 g/mol. The number of rotatable bonds is 18. The Balaban J connectivity index is 3.54. The molecule has 0 aliphatic heterocycles. The van der Waals surface area contributed by atoms with Crippen LogP contribution in [0.4, 0.5) is 0 Å². The summed E-state index contributed by atoms with van der Waals surface area (Å²) >= 11 is 0. The van der Waals surface area contributed by atoms with Crippen LogP contribution in [-0.2, 0) is 9.59 Å². The summed E-state index contributed by atoms with van der Waals surface area (Å²) in [5.74, 6) is -0.295. The van der Waals surface area contributed by atoms with Crippen LogP contribution < -0.4 is 11.5 Å². The first kappa shape index (κ1) is 22.9. The van der Waals surface area contributed by atoms with E-state index in [0.29, 0.717) is 6.42 Å². The van der Waals surface area contributed by atoms with Crippen molar-refractivity contribution in [3.63, 3.8) is 0 Å². The van der Waals surface area contributed by atoms with Crippen LogP contribution in [0.5, 0.6) is 0 Å². The molecule has 0 aliphatic rings. The minimum Gasteiger partial charge on any atom is -0.370 e. The van der Waals surface area contributed by atoms with Gasteiger partial charge in [-0.3, -0.25) is 9.59 Å². The van der Waals surface area contributed by atoms with Gasteiger partial charge in [-0.05, 0) is 19.3 Å². The molecule has 0 saturated heterocycles. The summed E-state index contributed by atoms with van der Waals surface area (Å²) in [6, 6.07) is 0. The van der Waals surface area contributed by atoms with E-state index in [-0.39, 0.29) is 17.7 Å². The molecule has 0 aromatic carbocycles. The van der Waals surface area contributed by atoms with Gasteiger partial charge in [-0.15, -0.1) is 0 Å². The largest absolute Gasteiger partial charge is 0.370 e. The maximum Gasteiger partial charge on any atom is 0.220 e. The van der Waals surface area contributed by atoms with E-state index in [1.165, 1.54) is 44.9 Å². The van der Waals surface area contributed by atoms with Gasteiger partial charge in [0.1, 0.15) is 0 Å². The molecule has 0 heterocycles. The number of carbonyl (C=O) groups is 2. The van der Waals surface area contributed by atoms with Crippen LogP contribution in [0, 0.1) is 5.92 Å².